The third-order valence-electron chi connectivity index (χ3n) is 2.00. The molecule has 2 rings (SSSR count). The topological polar surface area (TPSA) is 78.0 Å². The number of aliphatic carboxylic acids is 1. The van der Waals surface area contributed by atoms with E-state index in [9.17, 15) is 4.79 Å². The van der Waals surface area contributed by atoms with Gasteiger partial charge in [0.2, 0.25) is 0 Å². The van der Waals surface area contributed by atoms with Crippen LogP contribution in [0.25, 0.3) is 0 Å². The van der Waals surface area contributed by atoms with Gasteiger partial charge in [-0.3, -0.25) is 10.1 Å². The molecule has 1 aromatic heterocycles. The van der Waals surface area contributed by atoms with Gasteiger partial charge in [-0.25, -0.2) is 4.98 Å². The molecule has 2 heterocycles. The van der Waals surface area contributed by atoms with Crippen molar-refractivity contribution in [2.24, 2.45) is 0 Å². The van der Waals surface area contributed by atoms with Gasteiger partial charge in [-0.15, -0.1) is 12.4 Å². The van der Waals surface area contributed by atoms with E-state index >= 15 is 0 Å². The van der Waals surface area contributed by atoms with Gasteiger partial charge in [-0.05, 0) is 0 Å². The summed E-state index contributed by atoms with van der Waals surface area (Å²) >= 11 is 0. The van der Waals surface area contributed by atoms with Crippen LogP contribution in [0, 0.1) is 0 Å². The lowest BCUT2D eigenvalue weighted by atomic mass is 10.1. The normalized spacial score (nSPS) is 20.2. The van der Waals surface area contributed by atoms with Crippen LogP contribution in [0.4, 0.5) is 0 Å². The summed E-state index contributed by atoms with van der Waals surface area (Å²) in [6.07, 6.45) is 2.35. The molecule has 3 N–H and O–H groups in total. The minimum atomic E-state index is -0.872. The Morgan fingerprint density at radius 2 is 2.46 bits per heavy atom. The molecular formula is C7H10ClN3O2. The van der Waals surface area contributed by atoms with E-state index < -0.39 is 12.0 Å². The van der Waals surface area contributed by atoms with E-state index in [0.29, 0.717) is 12.2 Å². The Morgan fingerprint density at radius 3 is 3.15 bits per heavy atom. The van der Waals surface area contributed by atoms with Crippen LogP contribution in [0.15, 0.2) is 6.33 Å². The van der Waals surface area contributed by atoms with Crippen LogP contribution >= 0.6 is 12.4 Å². The Hall–Kier alpha value is -1.07. The molecule has 0 saturated carbocycles. The van der Waals surface area contributed by atoms with Gasteiger partial charge in [0.25, 0.3) is 0 Å². The zero-order valence-corrected chi connectivity index (χ0v) is 7.60. The van der Waals surface area contributed by atoms with Gasteiger partial charge in [-0.2, -0.15) is 0 Å². The smallest absolute Gasteiger partial charge is 0.327 e. The predicted octanol–water partition coefficient (Wildman–Crippen LogP) is 0.103. The number of nitrogens with one attached hydrogen (secondary N) is 2. The van der Waals surface area contributed by atoms with Crippen LogP contribution in [-0.4, -0.2) is 27.6 Å². The lowest BCUT2D eigenvalue weighted by molar-refractivity contribution is -0.139. The standard InChI is InChI=1S/C7H9N3O2.ClH/c11-7(12)6-5-4(1-2-8-6)9-3-10-5;/h3,6,8H,1-2H2,(H,9,10)(H,11,12);1H. The Bertz CT molecular complexity index is 312. The molecule has 1 aromatic rings. The molecule has 1 aliphatic rings. The number of aromatic amines is 1. The summed E-state index contributed by atoms with van der Waals surface area (Å²) in [5.74, 6) is -0.872. The second-order valence-corrected chi connectivity index (χ2v) is 2.74. The molecule has 0 saturated heterocycles. The number of H-pyrrole nitrogens is 1. The number of carboxylic acids is 1. The van der Waals surface area contributed by atoms with Crippen LogP contribution in [0.1, 0.15) is 17.4 Å². The molecule has 1 aliphatic heterocycles. The first-order valence-corrected chi connectivity index (χ1v) is 3.77. The third kappa shape index (κ3) is 1.66. The van der Waals surface area contributed by atoms with Crippen molar-refractivity contribution in [2.45, 2.75) is 12.5 Å². The lowest BCUT2D eigenvalue weighted by Gasteiger charge is -2.18. The predicted molar refractivity (Wildman–Crippen MR) is 47.9 cm³/mol. The van der Waals surface area contributed by atoms with Crippen molar-refractivity contribution in [3.8, 4) is 0 Å². The van der Waals surface area contributed by atoms with Gasteiger partial charge < -0.3 is 10.1 Å². The van der Waals surface area contributed by atoms with Crippen molar-refractivity contribution >= 4 is 18.4 Å². The van der Waals surface area contributed by atoms with E-state index in [-0.39, 0.29) is 12.4 Å². The van der Waals surface area contributed by atoms with Crippen molar-refractivity contribution in [1.29, 1.82) is 0 Å². The van der Waals surface area contributed by atoms with Crippen LogP contribution in [-0.2, 0) is 11.2 Å². The van der Waals surface area contributed by atoms with E-state index in [2.05, 4.69) is 15.3 Å². The number of imidazole rings is 1. The van der Waals surface area contributed by atoms with Crippen LogP contribution in [0.3, 0.4) is 0 Å². The summed E-state index contributed by atoms with van der Waals surface area (Å²) in [6.45, 7) is 0.687. The summed E-state index contributed by atoms with van der Waals surface area (Å²) in [7, 11) is 0. The molecule has 5 nitrogen and oxygen atoms in total. The SMILES string of the molecule is Cl.O=C(O)C1NCCc2[nH]cnc21. The third-order valence-corrected chi connectivity index (χ3v) is 2.00. The van der Waals surface area contributed by atoms with Crippen molar-refractivity contribution < 1.29 is 9.90 Å². The fourth-order valence-electron chi connectivity index (χ4n) is 1.42. The zero-order chi connectivity index (χ0) is 8.55. The van der Waals surface area contributed by atoms with Crippen molar-refractivity contribution in [1.82, 2.24) is 15.3 Å². The molecule has 0 fully saturated rings. The zero-order valence-electron chi connectivity index (χ0n) is 6.78. The molecule has 0 aliphatic carbocycles. The van der Waals surface area contributed by atoms with E-state index in [0.717, 1.165) is 12.1 Å². The lowest BCUT2D eigenvalue weighted by Crippen LogP contribution is -2.35. The number of halogens is 1. The fraction of sp³-hybridized carbons (Fsp3) is 0.429. The number of nitrogens with zero attached hydrogens (tertiary/aromatic N) is 1. The highest BCUT2D eigenvalue weighted by Crippen LogP contribution is 2.18. The summed E-state index contributed by atoms with van der Waals surface area (Å²) in [5, 5.41) is 11.7. The molecule has 0 aromatic carbocycles. The van der Waals surface area contributed by atoms with E-state index in [1.165, 1.54) is 6.33 Å². The minimum Gasteiger partial charge on any atom is -0.480 e. The monoisotopic (exact) mass is 203 g/mol. The van der Waals surface area contributed by atoms with Crippen molar-refractivity contribution in [3.05, 3.63) is 17.7 Å². The molecule has 1 atom stereocenters. The Kier molecular flexibility index (Phi) is 2.90. The summed E-state index contributed by atoms with van der Waals surface area (Å²) in [4.78, 5) is 17.6. The highest BCUT2D eigenvalue weighted by atomic mass is 35.5. The minimum absolute atomic E-state index is 0. The summed E-state index contributed by atoms with van der Waals surface area (Å²) in [6, 6.07) is -0.639. The maximum absolute atomic E-state index is 10.7. The van der Waals surface area contributed by atoms with Crippen molar-refractivity contribution in [3.63, 3.8) is 0 Å². The molecule has 13 heavy (non-hydrogen) atoms. The van der Waals surface area contributed by atoms with E-state index in [4.69, 9.17) is 5.11 Å². The number of carbonyl (C=O) groups is 1. The molecule has 6 heteroatoms. The molecule has 0 radical (unpaired) electrons. The first-order chi connectivity index (χ1) is 5.79. The quantitative estimate of drug-likeness (QED) is 0.605. The van der Waals surface area contributed by atoms with Gasteiger partial charge in [-0.1, -0.05) is 0 Å². The number of rotatable bonds is 1. The van der Waals surface area contributed by atoms with Crippen LogP contribution in [0.5, 0.6) is 0 Å². The molecule has 0 bridgehead atoms. The summed E-state index contributed by atoms with van der Waals surface area (Å²) in [5.41, 5.74) is 1.55. The maximum Gasteiger partial charge on any atom is 0.327 e. The average Bonchev–Trinajstić information content (AvgIpc) is 2.49. The maximum atomic E-state index is 10.7. The van der Waals surface area contributed by atoms with E-state index in [1.54, 1.807) is 0 Å². The molecule has 0 amide bonds. The Morgan fingerprint density at radius 1 is 1.69 bits per heavy atom. The van der Waals surface area contributed by atoms with Crippen LogP contribution in [0.2, 0.25) is 0 Å². The number of hydrogen-bond donors (Lipinski definition) is 3. The van der Waals surface area contributed by atoms with Gasteiger partial charge in [0, 0.05) is 18.7 Å². The second-order valence-electron chi connectivity index (χ2n) is 2.74. The van der Waals surface area contributed by atoms with Gasteiger partial charge in [0.15, 0.2) is 6.04 Å². The first kappa shape index (κ1) is 10.0. The largest absolute Gasteiger partial charge is 0.480 e. The first-order valence-electron chi connectivity index (χ1n) is 3.77. The molecular weight excluding hydrogens is 194 g/mol. The number of carboxylic acid groups (broad SMARTS) is 1. The second kappa shape index (κ2) is 3.76. The van der Waals surface area contributed by atoms with Gasteiger partial charge >= 0.3 is 5.97 Å². The van der Waals surface area contributed by atoms with Gasteiger partial charge in [0.05, 0.1) is 12.0 Å². The van der Waals surface area contributed by atoms with E-state index in [1.807, 2.05) is 0 Å². The number of aromatic nitrogens is 2. The molecule has 1 unspecified atom stereocenters. The van der Waals surface area contributed by atoms with Gasteiger partial charge in [0.1, 0.15) is 0 Å². The average molecular weight is 204 g/mol. The Balaban J connectivity index is 0.000000845. The number of fused-ring (bicyclic) bond motifs is 1. The highest BCUT2D eigenvalue weighted by molar-refractivity contribution is 5.85. The molecule has 0 spiro atoms. The summed E-state index contributed by atoms with van der Waals surface area (Å²) < 4.78 is 0. The fourth-order valence-corrected chi connectivity index (χ4v) is 1.42. The molecule has 72 valence electrons. The van der Waals surface area contributed by atoms with Crippen molar-refractivity contribution in [2.75, 3.05) is 6.54 Å². The Labute approximate surface area is 81.0 Å². The van der Waals surface area contributed by atoms with Crippen LogP contribution < -0.4 is 5.32 Å². The highest BCUT2D eigenvalue weighted by Gasteiger charge is 2.27. The number of hydrogen-bond acceptors (Lipinski definition) is 3.